The summed E-state index contributed by atoms with van der Waals surface area (Å²) in [5.41, 5.74) is 1.04. The first kappa shape index (κ1) is 14.5. The summed E-state index contributed by atoms with van der Waals surface area (Å²) in [7, 11) is 1.51. The number of amides is 1. The normalized spacial score (nSPS) is 12.4. The number of methoxy groups -OCH3 is 1. The van der Waals surface area contributed by atoms with Crippen molar-refractivity contribution in [2.24, 2.45) is 0 Å². The van der Waals surface area contributed by atoms with E-state index in [1.165, 1.54) is 13.4 Å². The number of nitrogens with zero attached hydrogens (tertiary/aromatic N) is 4. The van der Waals surface area contributed by atoms with Gasteiger partial charge in [-0.1, -0.05) is 0 Å². The molecule has 2 aromatic rings. The second-order valence-electron chi connectivity index (χ2n) is 4.16. The third kappa shape index (κ3) is 2.40. The predicted octanol–water partition coefficient (Wildman–Crippen LogP) is 1.27. The molecule has 8 heteroatoms. The van der Waals surface area contributed by atoms with E-state index in [0.717, 1.165) is 0 Å². The molecule has 0 aliphatic rings. The Hall–Kier alpha value is -1.89. The maximum atomic E-state index is 12.0. The number of halogens is 1. The van der Waals surface area contributed by atoms with Crippen molar-refractivity contribution < 1.29 is 9.53 Å². The van der Waals surface area contributed by atoms with Crippen molar-refractivity contribution in [3.8, 4) is 5.88 Å². The highest BCUT2D eigenvalue weighted by molar-refractivity contribution is 6.16. The first-order chi connectivity index (χ1) is 9.63. The number of fused-ring (bicyclic) bond motifs is 1. The molecule has 0 aliphatic heterocycles. The minimum Gasteiger partial charge on any atom is -0.479 e. The van der Waals surface area contributed by atoms with Gasteiger partial charge < -0.3 is 10.1 Å². The molecule has 0 radical (unpaired) electrons. The lowest BCUT2D eigenvalue weighted by Crippen LogP contribution is -2.31. The predicted molar refractivity (Wildman–Crippen MR) is 74.8 cm³/mol. The molecule has 2 rings (SSSR count). The van der Waals surface area contributed by atoms with Gasteiger partial charge in [0.15, 0.2) is 11.2 Å². The maximum Gasteiger partial charge on any atom is 0.245 e. The van der Waals surface area contributed by atoms with Gasteiger partial charge in [0.2, 0.25) is 11.8 Å². The summed E-state index contributed by atoms with van der Waals surface area (Å²) in [6.45, 7) is 4.20. The lowest BCUT2D eigenvalue weighted by Gasteiger charge is -2.15. The third-order valence-corrected chi connectivity index (χ3v) is 3.19. The number of alkyl halides is 1. The van der Waals surface area contributed by atoms with E-state index < -0.39 is 6.04 Å². The van der Waals surface area contributed by atoms with Gasteiger partial charge in [-0.2, -0.15) is 4.98 Å². The van der Waals surface area contributed by atoms with Crippen LogP contribution in [-0.2, 0) is 10.7 Å². The molecule has 0 fully saturated rings. The Labute approximate surface area is 121 Å². The molecule has 0 spiro atoms. The fourth-order valence-electron chi connectivity index (χ4n) is 2.02. The summed E-state index contributed by atoms with van der Waals surface area (Å²) in [6.07, 6.45) is 1.38. The number of hydrogen-bond donors (Lipinski definition) is 1. The minimum absolute atomic E-state index is 0.115. The fraction of sp³-hybridized carbons (Fsp3) is 0.500. The first-order valence-electron chi connectivity index (χ1n) is 6.23. The lowest BCUT2D eigenvalue weighted by atomic mass is 10.3. The van der Waals surface area contributed by atoms with Crippen LogP contribution in [0.25, 0.3) is 11.2 Å². The molecule has 1 unspecified atom stereocenters. The summed E-state index contributed by atoms with van der Waals surface area (Å²) in [4.78, 5) is 24.6. The van der Waals surface area contributed by atoms with Crippen LogP contribution in [0.3, 0.4) is 0 Å². The van der Waals surface area contributed by atoms with Gasteiger partial charge in [-0.25, -0.2) is 9.97 Å². The molecule has 0 saturated carbocycles. The van der Waals surface area contributed by atoms with E-state index in [4.69, 9.17) is 16.3 Å². The van der Waals surface area contributed by atoms with Crippen LogP contribution in [0.4, 0.5) is 0 Å². The van der Waals surface area contributed by atoms with Crippen molar-refractivity contribution in [1.82, 2.24) is 24.8 Å². The molecule has 2 heterocycles. The number of rotatable bonds is 5. The number of aromatic nitrogens is 4. The van der Waals surface area contributed by atoms with E-state index in [-0.39, 0.29) is 11.8 Å². The second-order valence-corrected chi connectivity index (χ2v) is 4.42. The van der Waals surface area contributed by atoms with E-state index in [1.807, 2.05) is 6.92 Å². The van der Waals surface area contributed by atoms with E-state index in [1.54, 1.807) is 11.5 Å². The Balaban J connectivity index is 2.59. The van der Waals surface area contributed by atoms with Crippen LogP contribution < -0.4 is 10.1 Å². The highest BCUT2D eigenvalue weighted by atomic mass is 35.5. The van der Waals surface area contributed by atoms with Gasteiger partial charge in [-0.15, -0.1) is 11.6 Å². The molecule has 7 nitrogen and oxygen atoms in total. The van der Waals surface area contributed by atoms with Gasteiger partial charge in [-0.05, 0) is 13.8 Å². The highest BCUT2D eigenvalue weighted by Crippen LogP contribution is 2.25. The number of ether oxygens (including phenoxy) is 1. The average Bonchev–Trinajstić information content (AvgIpc) is 2.84. The number of nitrogens with one attached hydrogen (secondary N) is 1. The Morgan fingerprint density at radius 2 is 2.30 bits per heavy atom. The average molecular weight is 298 g/mol. The van der Waals surface area contributed by atoms with Crippen molar-refractivity contribution in [1.29, 1.82) is 0 Å². The van der Waals surface area contributed by atoms with Crippen LogP contribution in [0, 0.1) is 0 Å². The lowest BCUT2D eigenvalue weighted by molar-refractivity contribution is -0.123. The molecule has 108 valence electrons. The molecule has 1 N–H and O–H groups in total. The largest absolute Gasteiger partial charge is 0.479 e. The van der Waals surface area contributed by atoms with Crippen molar-refractivity contribution in [2.75, 3.05) is 13.7 Å². The van der Waals surface area contributed by atoms with E-state index in [0.29, 0.717) is 29.4 Å². The van der Waals surface area contributed by atoms with Crippen molar-refractivity contribution >= 4 is 28.7 Å². The quantitative estimate of drug-likeness (QED) is 0.841. The van der Waals surface area contributed by atoms with Gasteiger partial charge in [0, 0.05) is 6.54 Å². The number of imidazole rings is 1. The highest BCUT2D eigenvalue weighted by Gasteiger charge is 2.23. The topological polar surface area (TPSA) is 81.9 Å². The molecule has 1 atom stereocenters. The van der Waals surface area contributed by atoms with Crippen LogP contribution in [0.15, 0.2) is 6.33 Å². The molecular formula is C12H16ClN5O2. The van der Waals surface area contributed by atoms with Gasteiger partial charge >= 0.3 is 0 Å². The molecule has 2 aromatic heterocycles. The Kier molecular flexibility index (Phi) is 4.39. The number of carbonyl (C=O) groups is 1. The molecule has 20 heavy (non-hydrogen) atoms. The van der Waals surface area contributed by atoms with E-state index >= 15 is 0 Å². The summed E-state index contributed by atoms with van der Waals surface area (Å²) in [5, 5.41) is 2.77. The number of likely N-dealkylation sites (N-methyl/N-ethyl adjacent to an activating group) is 1. The van der Waals surface area contributed by atoms with Crippen LogP contribution in [0.5, 0.6) is 5.88 Å². The summed E-state index contributed by atoms with van der Waals surface area (Å²) in [5.74, 6) is 0.974. The summed E-state index contributed by atoms with van der Waals surface area (Å²) in [6, 6.07) is -0.465. The maximum absolute atomic E-state index is 12.0. The Bertz CT molecular complexity index is 628. The summed E-state index contributed by atoms with van der Waals surface area (Å²) >= 11 is 5.92. The van der Waals surface area contributed by atoms with Crippen LogP contribution in [0.1, 0.15) is 25.7 Å². The molecule has 0 aliphatic carbocycles. The Morgan fingerprint density at radius 3 is 2.90 bits per heavy atom. The van der Waals surface area contributed by atoms with Crippen LogP contribution >= 0.6 is 11.6 Å². The molecule has 0 saturated heterocycles. The molecule has 0 bridgehead atoms. The molecule has 0 aromatic carbocycles. The van der Waals surface area contributed by atoms with E-state index in [2.05, 4.69) is 20.3 Å². The van der Waals surface area contributed by atoms with Gasteiger partial charge in [0.1, 0.15) is 18.2 Å². The zero-order valence-corrected chi connectivity index (χ0v) is 12.3. The SMILES string of the molecule is CCNC(=O)C(C)n1c(CCl)nc2c(OC)ncnc21. The monoisotopic (exact) mass is 297 g/mol. The fourth-order valence-corrected chi connectivity index (χ4v) is 2.21. The first-order valence-corrected chi connectivity index (χ1v) is 6.76. The summed E-state index contributed by atoms with van der Waals surface area (Å²) < 4.78 is 6.86. The van der Waals surface area contributed by atoms with Crippen LogP contribution in [-0.4, -0.2) is 39.1 Å². The zero-order valence-electron chi connectivity index (χ0n) is 11.6. The van der Waals surface area contributed by atoms with Crippen molar-refractivity contribution in [2.45, 2.75) is 25.8 Å². The van der Waals surface area contributed by atoms with Crippen molar-refractivity contribution in [3.63, 3.8) is 0 Å². The minimum atomic E-state index is -0.465. The number of carbonyl (C=O) groups excluding carboxylic acids is 1. The zero-order chi connectivity index (χ0) is 14.7. The van der Waals surface area contributed by atoms with Gasteiger partial charge in [0.25, 0.3) is 0 Å². The molecule has 1 amide bonds. The van der Waals surface area contributed by atoms with Gasteiger partial charge in [0.05, 0.1) is 13.0 Å². The van der Waals surface area contributed by atoms with Crippen molar-refractivity contribution in [3.05, 3.63) is 12.2 Å². The third-order valence-electron chi connectivity index (χ3n) is 2.95. The van der Waals surface area contributed by atoms with Crippen LogP contribution in [0.2, 0.25) is 0 Å². The van der Waals surface area contributed by atoms with E-state index in [9.17, 15) is 4.79 Å². The standard InChI is InChI=1S/C12H16ClN5O2/c1-4-14-11(19)7(2)18-8(5-13)17-9-10(18)15-6-16-12(9)20-3/h6-7H,4-5H2,1-3H3,(H,14,19). The van der Waals surface area contributed by atoms with Gasteiger partial charge in [-0.3, -0.25) is 9.36 Å². The smallest absolute Gasteiger partial charge is 0.245 e. The second kappa shape index (κ2) is 6.04. The number of hydrogen-bond acceptors (Lipinski definition) is 5. The Morgan fingerprint density at radius 1 is 1.55 bits per heavy atom. The molecular weight excluding hydrogens is 282 g/mol.